The molecule has 0 atom stereocenters. The fourth-order valence-electron chi connectivity index (χ4n) is 4.54. The highest BCUT2D eigenvalue weighted by atomic mass is 19.4. The number of unbranched alkanes of at least 4 members (excludes halogenated alkanes) is 2. The van der Waals surface area contributed by atoms with E-state index in [2.05, 4.69) is 20.6 Å². The van der Waals surface area contributed by atoms with E-state index < -0.39 is 17.6 Å². The molecule has 7 nitrogen and oxygen atoms in total. The average Bonchev–Trinajstić information content (AvgIpc) is 3.48. The number of aromatic amines is 1. The number of nitrogens with zero attached hydrogens (tertiary/aromatic N) is 5. The third-order valence-electron chi connectivity index (χ3n) is 6.17. The molecule has 0 saturated carbocycles. The Kier molecular flexibility index (Phi) is 7.71. The number of hydrogen-bond donors (Lipinski definition) is 1. The Morgan fingerprint density at radius 3 is 2.36 bits per heavy atom. The van der Waals surface area contributed by atoms with Crippen molar-refractivity contribution in [1.29, 1.82) is 0 Å². The van der Waals surface area contributed by atoms with E-state index in [0.29, 0.717) is 29.8 Å². The lowest BCUT2D eigenvalue weighted by Gasteiger charge is -2.14. The summed E-state index contributed by atoms with van der Waals surface area (Å²) in [6, 6.07) is 15.2. The van der Waals surface area contributed by atoms with Gasteiger partial charge in [-0.1, -0.05) is 75.6 Å². The van der Waals surface area contributed by atoms with Gasteiger partial charge in [0.2, 0.25) is 5.82 Å². The van der Waals surface area contributed by atoms with Crippen molar-refractivity contribution in [3.05, 3.63) is 76.0 Å². The van der Waals surface area contributed by atoms with Crippen molar-refractivity contribution < 1.29 is 13.2 Å². The predicted molar refractivity (Wildman–Crippen MR) is 131 cm³/mol. The summed E-state index contributed by atoms with van der Waals surface area (Å²) in [7, 11) is 0. The number of hydrogen-bond acceptors (Lipinski definition) is 4. The van der Waals surface area contributed by atoms with Crippen LogP contribution in [0.2, 0.25) is 0 Å². The molecule has 4 aromatic rings. The molecule has 0 fully saturated rings. The molecule has 0 aliphatic heterocycles. The zero-order valence-corrected chi connectivity index (χ0v) is 20.3. The van der Waals surface area contributed by atoms with Gasteiger partial charge in [0.25, 0.3) is 0 Å². The summed E-state index contributed by atoms with van der Waals surface area (Å²) in [5, 5.41) is 14.3. The maximum Gasteiger partial charge on any atom is 0.433 e. The lowest BCUT2D eigenvalue weighted by Crippen LogP contribution is -2.27. The first-order valence-corrected chi connectivity index (χ1v) is 12.2. The van der Waals surface area contributed by atoms with Gasteiger partial charge in [-0.25, -0.2) is 4.79 Å². The molecular formula is C26H29F3N6O. The molecule has 190 valence electrons. The number of rotatable bonds is 10. The molecule has 0 aliphatic carbocycles. The summed E-state index contributed by atoms with van der Waals surface area (Å²) in [4.78, 5) is 13.3. The Labute approximate surface area is 207 Å². The fraction of sp³-hybridized carbons (Fsp3) is 0.385. The van der Waals surface area contributed by atoms with Gasteiger partial charge in [-0.2, -0.15) is 18.4 Å². The highest BCUT2D eigenvalue weighted by molar-refractivity contribution is 5.80. The normalized spacial score (nSPS) is 11.8. The van der Waals surface area contributed by atoms with Gasteiger partial charge < -0.3 is 0 Å². The second-order valence-corrected chi connectivity index (χ2v) is 8.75. The number of imidazole rings is 1. The molecule has 0 aliphatic rings. The van der Waals surface area contributed by atoms with Gasteiger partial charge in [0, 0.05) is 12.1 Å². The maximum absolute atomic E-state index is 14.2. The Morgan fingerprint density at radius 1 is 0.944 bits per heavy atom. The maximum atomic E-state index is 14.2. The van der Waals surface area contributed by atoms with Crippen molar-refractivity contribution in [3.63, 3.8) is 0 Å². The zero-order valence-electron chi connectivity index (χ0n) is 20.3. The summed E-state index contributed by atoms with van der Waals surface area (Å²) in [5.41, 5.74) is 1.72. The van der Waals surface area contributed by atoms with Gasteiger partial charge in [0.05, 0.1) is 12.2 Å². The number of H-pyrrole nitrogens is 1. The van der Waals surface area contributed by atoms with Crippen LogP contribution in [-0.4, -0.2) is 29.8 Å². The first kappa shape index (κ1) is 25.4. The lowest BCUT2D eigenvalue weighted by molar-refractivity contribution is -0.144. The van der Waals surface area contributed by atoms with Crippen molar-refractivity contribution in [2.75, 3.05) is 0 Å². The molecule has 10 heteroatoms. The summed E-state index contributed by atoms with van der Waals surface area (Å²) in [5.74, 6) is 0.366. The monoisotopic (exact) mass is 498 g/mol. The fourth-order valence-corrected chi connectivity index (χ4v) is 4.54. The Morgan fingerprint density at radius 2 is 1.72 bits per heavy atom. The van der Waals surface area contributed by atoms with Crippen LogP contribution in [0.3, 0.4) is 0 Å². The summed E-state index contributed by atoms with van der Waals surface area (Å²) < 4.78 is 44.7. The van der Waals surface area contributed by atoms with E-state index in [0.717, 1.165) is 28.5 Å². The molecule has 0 bridgehead atoms. The van der Waals surface area contributed by atoms with Crippen molar-refractivity contribution in [2.24, 2.45) is 0 Å². The Balaban J connectivity index is 1.82. The Bertz CT molecular complexity index is 1340. The molecule has 0 unspecified atom stereocenters. The van der Waals surface area contributed by atoms with E-state index in [1.54, 1.807) is 0 Å². The molecule has 2 heterocycles. The first-order valence-electron chi connectivity index (χ1n) is 12.2. The number of tetrazole rings is 1. The topological polar surface area (TPSA) is 81.4 Å². The first-order chi connectivity index (χ1) is 17.3. The number of alkyl halides is 3. The van der Waals surface area contributed by atoms with E-state index in [4.69, 9.17) is 0 Å². The summed E-state index contributed by atoms with van der Waals surface area (Å²) >= 11 is 0. The third kappa shape index (κ3) is 5.27. The van der Waals surface area contributed by atoms with E-state index in [1.807, 2.05) is 62.4 Å². The van der Waals surface area contributed by atoms with Crippen LogP contribution in [0.4, 0.5) is 13.2 Å². The molecule has 0 amide bonds. The van der Waals surface area contributed by atoms with Crippen molar-refractivity contribution >= 4 is 0 Å². The van der Waals surface area contributed by atoms with Gasteiger partial charge >= 0.3 is 11.9 Å². The van der Waals surface area contributed by atoms with Gasteiger partial charge in [-0.05, 0) is 40.8 Å². The standard InChI is InChI=1S/C26H29F3N6O/c1-3-5-9-15-34-23(26(27,28)29)22(10-4-2)35(25(34)36)17-18-13-14-20(19-11-7-6-8-12-19)21(16-18)24-30-32-33-31-24/h6-8,11-14,16H,3-5,9-10,15,17H2,1-2H3,(H,30,31,32,33). The minimum atomic E-state index is -4.62. The van der Waals surface area contributed by atoms with Crippen LogP contribution in [0.15, 0.2) is 53.3 Å². The predicted octanol–water partition coefficient (Wildman–Crippen LogP) is 5.71. The van der Waals surface area contributed by atoms with E-state index in [1.165, 1.54) is 4.57 Å². The van der Waals surface area contributed by atoms with Gasteiger partial charge in [-0.15, -0.1) is 10.2 Å². The highest BCUT2D eigenvalue weighted by Crippen LogP contribution is 2.34. The molecule has 1 N–H and O–H groups in total. The van der Waals surface area contributed by atoms with Crippen LogP contribution in [0, 0.1) is 0 Å². The minimum Gasteiger partial charge on any atom is -0.291 e. The summed E-state index contributed by atoms with van der Waals surface area (Å²) in [6.45, 7) is 3.85. The van der Waals surface area contributed by atoms with Crippen LogP contribution in [0.5, 0.6) is 0 Å². The number of aromatic nitrogens is 6. The number of benzene rings is 2. The van der Waals surface area contributed by atoms with Crippen LogP contribution in [0.1, 0.15) is 56.5 Å². The zero-order chi connectivity index (χ0) is 25.7. The second kappa shape index (κ2) is 10.9. The van der Waals surface area contributed by atoms with E-state index in [-0.39, 0.29) is 25.2 Å². The average molecular weight is 499 g/mol. The summed E-state index contributed by atoms with van der Waals surface area (Å²) in [6.07, 6.45) is -1.84. The molecule has 36 heavy (non-hydrogen) atoms. The largest absolute Gasteiger partial charge is 0.433 e. The SMILES string of the molecule is CCCCCn1c(C(F)(F)F)c(CCC)n(Cc2ccc(-c3ccccc3)c(-c3nn[nH]n3)c2)c1=O. The van der Waals surface area contributed by atoms with Crippen molar-refractivity contribution in [1.82, 2.24) is 29.8 Å². The Hall–Kier alpha value is -3.69. The van der Waals surface area contributed by atoms with Crippen LogP contribution < -0.4 is 5.69 Å². The van der Waals surface area contributed by atoms with Crippen LogP contribution in [-0.2, 0) is 25.7 Å². The lowest BCUT2D eigenvalue weighted by atomic mass is 9.97. The molecule has 0 radical (unpaired) electrons. The van der Waals surface area contributed by atoms with Crippen LogP contribution in [0.25, 0.3) is 22.5 Å². The molecule has 2 aromatic heterocycles. The van der Waals surface area contributed by atoms with Gasteiger partial charge in [0.1, 0.15) is 5.69 Å². The van der Waals surface area contributed by atoms with E-state index in [9.17, 15) is 18.0 Å². The molecule has 4 rings (SSSR count). The number of halogens is 3. The second-order valence-electron chi connectivity index (χ2n) is 8.75. The quantitative estimate of drug-likeness (QED) is 0.284. The van der Waals surface area contributed by atoms with Gasteiger partial charge in [0.15, 0.2) is 0 Å². The molecule has 0 saturated heterocycles. The van der Waals surface area contributed by atoms with Crippen LogP contribution >= 0.6 is 0 Å². The smallest absolute Gasteiger partial charge is 0.291 e. The van der Waals surface area contributed by atoms with Gasteiger partial charge in [-0.3, -0.25) is 9.13 Å². The third-order valence-corrected chi connectivity index (χ3v) is 6.17. The number of nitrogens with one attached hydrogen (secondary N) is 1. The molecule has 2 aromatic carbocycles. The van der Waals surface area contributed by atoms with Crippen molar-refractivity contribution in [2.45, 2.75) is 65.2 Å². The van der Waals surface area contributed by atoms with Crippen molar-refractivity contribution in [3.8, 4) is 22.5 Å². The molecule has 0 spiro atoms. The van der Waals surface area contributed by atoms with E-state index >= 15 is 0 Å². The minimum absolute atomic E-state index is 0.0119. The highest BCUT2D eigenvalue weighted by Gasteiger charge is 2.40. The molecular weight excluding hydrogens is 469 g/mol.